The Balaban J connectivity index is 1.66. The van der Waals surface area contributed by atoms with Crippen LogP contribution in [0.1, 0.15) is 29.3 Å². The van der Waals surface area contributed by atoms with Crippen molar-refractivity contribution in [2.45, 2.75) is 31.2 Å². The zero-order valence-corrected chi connectivity index (χ0v) is 21.2. The number of nitrogens with zero attached hydrogens (tertiary/aromatic N) is 2. The number of carbonyl (C=O) groups is 4. The van der Waals surface area contributed by atoms with Crippen molar-refractivity contribution in [1.29, 1.82) is 0 Å². The molecule has 0 unspecified atom stereocenters. The number of anilines is 1. The van der Waals surface area contributed by atoms with Gasteiger partial charge in [0.05, 0.1) is 32.8 Å². The Morgan fingerprint density at radius 1 is 1.27 bits per heavy atom. The molecule has 1 aromatic heterocycles. The maximum atomic E-state index is 13.1. The van der Waals surface area contributed by atoms with E-state index in [1.165, 1.54) is 53.6 Å². The van der Waals surface area contributed by atoms with E-state index in [1.807, 2.05) is 0 Å². The number of hydrogen-bond donors (Lipinski definition) is 1. The molecule has 0 aliphatic carbocycles. The number of benzene rings is 1. The summed E-state index contributed by atoms with van der Waals surface area (Å²) in [6, 6.07) is 6.05. The fourth-order valence-electron chi connectivity index (χ4n) is 3.33. The van der Waals surface area contributed by atoms with Gasteiger partial charge in [0.25, 0.3) is 5.69 Å². The number of amides is 2. The first-order valence-electron chi connectivity index (χ1n) is 10.9. The minimum atomic E-state index is -0.935. The lowest BCUT2D eigenvalue weighted by molar-refractivity contribution is -0.384. The van der Waals surface area contributed by atoms with Gasteiger partial charge in [-0.3, -0.25) is 24.6 Å². The minimum Gasteiger partial charge on any atom is -0.458 e. The van der Waals surface area contributed by atoms with Crippen LogP contribution in [0.2, 0.25) is 0 Å². The molecule has 37 heavy (non-hydrogen) atoms. The van der Waals surface area contributed by atoms with Crippen molar-refractivity contribution in [2.75, 3.05) is 18.5 Å². The molecule has 0 saturated carbocycles. The van der Waals surface area contributed by atoms with Crippen molar-refractivity contribution in [3.05, 3.63) is 69.6 Å². The molecule has 14 heteroatoms. The van der Waals surface area contributed by atoms with Crippen molar-refractivity contribution < 1.29 is 37.8 Å². The summed E-state index contributed by atoms with van der Waals surface area (Å²) in [7, 11) is 0. The second kappa shape index (κ2) is 12.9. The molecule has 0 radical (unpaired) electrons. The van der Waals surface area contributed by atoms with Gasteiger partial charge in [0.2, 0.25) is 5.91 Å². The molecule has 0 spiro atoms. The number of nitro groups is 1. The highest BCUT2D eigenvalue weighted by atomic mass is 32.2. The van der Waals surface area contributed by atoms with E-state index < -0.39 is 34.9 Å². The Bertz CT molecular complexity index is 1180. The van der Waals surface area contributed by atoms with Crippen LogP contribution in [-0.4, -0.2) is 58.2 Å². The predicted octanol–water partition coefficient (Wildman–Crippen LogP) is 3.93. The number of ether oxygens (including phenoxy) is 2. The molecule has 1 N–H and O–H groups in total. The van der Waals surface area contributed by atoms with Crippen molar-refractivity contribution in [3.63, 3.8) is 0 Å². The highest BCUT2D eigenvalue weighted by Crippen LogP contribution is 2.31. The van der Waals surface area contributed by atoms with Gasteiger partial charge in [-0.2, -0.15) is 0 Å². The maximum absolute atomic E-state index is 13.1. The number of nitrogens with one attached hydrogen (secondary N) is 1. The third-order valence-electron chi connectivity index (χ3n) is 5.02. The van der Waals surface area contributed by atoms with Crippen LogP contribution >= 0.6 is 23.4 Å². The summed E-state index contributed by atoms with van der Waals surface area (Å²) in [5.74, 6) is -1.59. The van der Waals surface area contributed by atoms with Crippen molar-refractivity contribution in [3.8, 4) is 0 Å². The molecular formula is C23H23N3O9S2. The number of nitro benzene ring substituents is 1. The largest absolute Gasteiger partial charge is 0.458 e. The number of rotatable bonds is 10. The lowest BCUT2D eigenvalue weighted by atomic mass is 10.2. The van der Waals surface area contributed by atoms with Crippen LogP contribution in [0.25, 0.3) is 0 Å². The van der Waals surface area contributed by atoms with Crippen LogP contribution in [0.4, 0.5) is 15.5 Å². The van der Waals surface area contributed by atoms with E-state index in [9.17, 15) is 29.3 Å². The van der Waals surface area contributed by atoms with Crippen molar-refractivity contribution >= 4 is 58.0 Å². The second-order valence-corrected chi connectivity index (χ2v) is 9.69. The number of esters is 1. The van der Waals surface area contributed by atoms with Crippen LogP contribution in [-0.2, 0) is 29.9 Å². The summed E-state index contributed by atoms with van der Waals surface area (Å²) in [6.07, 6.45) is 0.854. The van der Waals surface area contributed by atoms with E-state index >= 15 is 0 Å². The van der Waals surface area contributed by atoms with E-state index in [1.54, 1.807) is 0 Å². The smallest absolute Gasteiger partial charge is 0.410 e. The summed E-state index contributed by atoms with van der Waals surface area (Å²) < 4.78 is 15.3. The molecule has 1 aliphatic heterocycles. The van der Waals surface area contributed by atoms with Crippen LogP contribution < -0.4 is 5.32 Å². The number of likely N-dealkylation sites (tertiary alicyclic amines) is 1. The monoisotopic (exact) mass is 549 g/mol. The SMILES string of the molecule is C=CCOC(=O)c1csc(NC(=O)[C@@H]2C[C@H](SOC(C)=O)CN2C(=O)OCc2ccc([N+](=O)[O-])cc2)c1. The lowest BCUT2D eigenvalue weighted by Crippen LogP contribution is -2.43. The van der Waals surface area contributed by atoms with Gasteiger partial charge in [-0.25, -0.2) is 9.59 Å². The highest BCUT2D eigenvalue weighted by molar-refractivity contribution is 7.95. The molecule has 3 rings (SSSR count). The average molecular weight is 550 g/mol. The van der Waals surface area contributed by atoms with Crippen molar-refractivity contribution in [2.24, 2.45) is 0 Å². The van der Waals surface area contributed by atoms with Crippen molar-refractivity contribution in [1.82, 2.24) is 4.90 Å². The normalized spacial score (nSPS) is 16.5. The van der Waals surface area contributed by atoms with Crippen LogP contribution in [0.5, 0.6) is 0 Å². The molecule has 2 atom stereocenters. The summed E-state index contributed by atoms with van der Waals surface area (Å²) in [4.78, 5) is 60.6. The Hall–Kier alpha value is -3.91. The number of hydrogen-bond acceptors (Lipinski definition) is 11. The standard InChI is InChI=1S/C23H23N3O9S2/c1-3-8-33-22(29)16-9-20(36-13-16)24-21(28)19-10-18(37-35-14(2)27)11-25(19)23(30)34-12-15-4-6-17(7-5-15)26(31)32/h3-7,9,13,18-19H,1,8,10-12H2,2H3,(H,24,28)/t18-,19-/m0/s1. The first-order valence-corrected chi connectivity index (χ1v) is 12.5. The minimum absolute atomic E-state index is 0.0524. The number of carbonyl (C=O) groups excluding carboxylic acids is 4. The van der Waals surface area contributed by atoms with E-state index in [0.29, 0.717) is 10.6 Å². The maximum Gasteiger partial charge on any atom is 0.410 e. The quantitative estimate of drug-likeness (QED) is 0.152. The first kappa shape index (κ1) is 27.7. The fraction of sp³-hybridized carbons (Fsp3) is 0.304. The summed E-state index contributed by atoms with van der Waals surface area (Å²) in [6.45, 7) is 4.70. The van der Waals surface area contributed by atoms with Gasteiger partial charge in [-0.15, -0.1) is 11.3 Å². The molecule has 1 fully saturated rings. The zero-order chi connectivity index (χ0) is 26.9. The van der Waals surface area contributed by atoms with E-state index in [0.717, 1.165) is 23.4 Å². The lowest BCUT2D eigenvalue weighted by Gasteiger charge is -2.23. The zero-order valence-electron chi connectivity index (χ0n) is 19.6. The molecule has 1 aromatic carbocycles. The average Bonchev–Trinajstić information content (AvgIpc) is 3.52. The molecule has 2 aromatic rings. The van der Waals surface area contributed by atoms with Gasteiger partial charge in [-0.05, 0) is 30.2 Å². The molecule has 1 saturated heterocycles. The summed E-state index contributed by atoms with van der Waals surface area (Å²) in [5.41, 5.74) is 0.693. The Labute approximate surface area is 219 Å². The number of thiophene rings is 1. The predicted molar refractivity (Wildman–Crippen MR) is 135 cm³/mol. The molecule has 0 bridgehead atoms. The Kier molecular flexibility index (Phi) is 9.63. The van der Waals surface area contributed by atoms with Gasteiger partial charge in [0.1, 0.15) is 19.3 Å². The third kappa shape index (κ3) is 7.79. The molecule has 196 valence electrons. The second-order valence-electron chi connectivity index (χ2n) is 7.75. The third-order valence-corrected chi connectivity index (χ3v) is 6.81. The Morgan fingerprint density at radius 3 is 2.65 bits per heavy atom. The molecule has 1 aliphatic rings. The molecular weight excluding hydrogens is 526 g/mol. The van der Waals surface area contributed by atoms with Crippen LogP contribution in [0.15, 0.2) is 48.4 Å². The van der Waals surface area contributed by atoms with Crippen LogP contribution in [0, 0.1) is 10.1 Å². The van der Waals surface area contributed by atoms with E-state index in [-0.39, 0.29) is 42.7 Å². The van der Waals surface area contributed by atoms with Crippen LogP contribution in [0.3, 0.4) is 0 Å². The van der Waals surface area contributed by atoms with Gasteiger partial charge in [-0.1, -0.05) is 12.7 Å². The van der Waals surface area contributed by atoms with E-state index in [4.69, 9.17) is 13.7 Å². The van der Waals surface area contributed by atoms with Gasteiger partial charge in [0, 0.05) is 31.0 Å². The topological polar surface area (TPSA) is 154 Å². The Morgan fingerprint density at radius 2 is 2.00 bits per heavy atom. The summed E-state index contributed by atoms with van der Waals surface area (Å²) in [5, 5.41) is 15.0. The van der Waals surface area contributed by atoms with Gasteiger partial charge >= 0.3 is 18.0 Å². The molecule has 12 nitrogen and oxygen atoms in total. The number of non-ortho nitro benzene ring substituents is 1. The summed E-state index contributed by atoms with van der Waals surface area (Å²) >= 11 is 1.98. The first-order chi connectivity index (χ1) is 17.7. The fourth-order valence-corrected chi connectivity index (χ4v) is 4.85. The van der Waals surface area contributed by atoms with E-state index in [2.05, 4.69) is 11.9 Å². The molecule has 2 amide bonds. The highest BCUT2D eigenvalue weighted by Gasteiger charge is 2.42. The van der Waals surface area contributed by atoms with Gasteiger partial charge in [0.15, 0.2) is 0 Å². The molecule has 2 heterocycles. The van der Waals surface area contributed by atoms with Gasteiger partial charge < -0.3 is 19.0 Å².